The zero-order valence-electron chi connectivity index (χ0n) is 10.7. The Hall–Kier alpha value is -1.60. The maximum atomic E-state index is 13.4. The molecule has 0 heterocycles. The lowest BCUT2D eigenvalue weighted by Crippen LogP contribution is -1.86. The Balaban J connectivity index is 2.13. The van der Waals surface area contributed by atoms with E-state index in [-0.39, 0.29) is 10.8 Å². The number of rotatable bonds is 5. The third-order valence-corrected chi connectivity index (χ3v) is 3.39. The van der Waals surface area contributed by atoms with Gasteiger partial charge in [-0.3, -0.25) is 0 Å². The second-order valence-corrected chi connectivity index (χ2v) is 4.91. The Kier molecular flexibility index (Phi) is 4.75. The van der Waals surface area contributed by atoms with Crippen molar-refractivity contribution in [1.29, 1.82) is 0 Å². The van der Waals surface area contributed by atoms with Gasteiger partial charge in [-0.2, -0.15) is 0 Å². The Morgan fingerprint density at radius 2 is 1.74 bits per heavy atom. The van der Waals surface area contributed by atoms with Crippen molar-refractivity contribution in [3.05, 3.63) is 71.5 Å². The monoisotopic (exact) mass is 274 g/mol. The van der Waals surface area contributed by atoms with Crippen LogP contribution in [0.3, 0.4) is 0 Å². The van der Waals surface area contributed by atoms with Crippen LogP contribution in [-0.4, -0.2) is 0 Å². The number of halogens is 2. The molecule has 0 saturated carbocycles. The largest absolute Gasteiger partial charge is 0.205 e. The first-order chi connectivity index (χ1) is 9.20. The fourth-order valence-corrected chi connectivity index (χ4v) is 2.11. The van der Waals surface area contributed by atoms with Crippen molar-refractivity contribution < 1.29 is 4.39 Å². The number of allylic oxidation sites excluding steroid dienone is 1. The van der Waals surface area contributed by atoms with Gasteiger partial charge in [-0.15, -0.1) is 6.58 Å². The molecule has 2 rings (SSSR count). The van der Waals surface area contributed by atoms with Gasteiger partial charge < -0.3 is 0 Å². The van der Waals surface area contributed by atoms with Crippen LogP contribution in [0.25, 0.3) is 11.1 Å². The molecule has 0 radical (unpaired) electrons. The summed E-state index contributed by atoms with van der Waals surface area (Å²) in [4.78, 5) is 0. The molecule has 2 heteroatoms. The molecule has 0 saturated heterocycles. The van der Waals surface area contributed by atoms with Crippen LogP contribution in [0, 0.1) is 5.82 Å². The van der Waals surface area contributed by atoms with Crippen LogP contribution in [0.2, 0.25) is 5.02 Å². The van der Waals surface area contributed by atoms with Crippen LogP contribution >= 0.6 is 11.6 Å². The van der Waals surface area contributed by atoms with Gasteiger partial charge in [-0.25, -0.2) is 4.39 Å². The predicted molar refractivity (Wildman–Crippen MR) is 80.0 cm³/mol. The lowest BCUT2D eigenvalue weighted by molar-refractivity contribution is 0.629. The molecule has 2 aromatic rings. The Bertz CT molecular complexity index is 558. The minimum atomic E-state index is -0.380. The highest BCUT2D eigenvalue weighted by Gasteiger charge is 2.03. The molecule has 0 aliphatic carbocycles. The van der Waals surface area contributed by atoms with Gasteiger partial charge in [0, 0.05) is 0 Å². The van der Waals surface area contributed by atoms with E-state index >= 15 is 0 Å². The van der Waals surface area contributed by atoms with Gasteiger partial charge in [0.05, 0.1) is 5.02 Å². The molecule has 0 amide bonds. The van der Waals surface area contributed by atoms with Crippen LogP contribution in [0.1, 0.15) is 18.4 Å². The highest BCUT2D eigenvalue weighted by Crippen LogP contribution is 2.24. The number of unbranched alkanes of at least 4 members (excludes halogenated alkanes) is 1. The Morgan fingerprint density at radius 1 is 1.05 bits per heavy atom. The Labute approximate surface area is 118 Å². The van der Waals surface area contributed by atoms with Crippen molar-refractivity contribution in [2.45, 2.75) is 19.3 Å². The van der Waals surface area contributed by atoms with Gasteiger partial charge in [0.2, 0.25) is 0 Å². The van der Waals surface area contributed by atoms with E-state index in [1.807, 2.05) is 24.3 Å². The zero-order chi connectivity index (χ0) is 13.7. The van der Waals surface area contributed by atoms with E-state index in [4.69, 9.17) is 11.6 Å². The van der Waals surface area contributed by atoms with Crippen molar-refractivity contribution >= 4 is 11.6 Å². The van der Waals surface area contributed by atoms with Gasteiger partial charge in [-0.1, -0.05) is 48.0 Å². The molecule has 0 aromatic heterocycles. The summed E-state index contributed by atoms with van der Waals surface area (Å²) in [5.74, 6) is -0.380. The van der Waals surface area contributed by atoms with E-state index in [0.29, 0.717) is 0 Å². The quantitative estimate of drug-likeness (QED) is 0.488. The predicted octanol–water partition coefficient (Wildman–Crippen LogP) is 5.65. The topological polar surface area (TPSA) is 0 Å². The van der Waals surface area contributed by atoms with Crippen LogP contribution in [0.4, 0.5) is 4.39 Å². The molecule has 19 heavy (non-hydrogen) atoms. The highest BCUT2D eigenvalue weighted by molar-refractivity contribution is 6.30. The normalized spacial score (nSPS) is 10.4. The summed E-state index contributed by atoms with van der Waals surface area (Å²) in [7, 11) is 0. The summed E-state index contributed by atoms with van der Waals surface area (Å²) in [5.41, 5.74) is 3.14. The third kappa shape index (κ3) is 3.68. The average Bonchev–Trinajstić information content (AvgIpc) is 2.43. The van der Waals surface area contributed by atoms with Crippen molar-refractivity contribution in [2.75, 3.05) is 0 Å². The summed E-state index contributed by atoms with van der Waals surface area (Å²) >= 11 is 5.68. The molecule has 2 aromatic carbocycles. The number of benzene rings is 2. The molecular formula is C17H16ClF. The SMILES string of the molecule is C=CCCCc1ccc(-c2ccc(Cl)c(F)c2)cc1. The lowest BCUT2D eigenvalue weighted by Gasteiger charge is -2.05. The average molecular weight is 275 g/mol. The first kappa shape index (κ1) is 13.8. The molecule has 0 aliphatic rings. The van der Waals surface area contributed by atoms with Gasteiger partial charge in [0.15, 0.2) is 0 Å². The molecular weight excluding hydrogens is 259 g/mol. The van der Waals surface area contributed by atoms with Gasteiger partial charge in [0.1, 0.15) is 5.82 Å². The number of aryl methyl sites for hydroxylation is 1. The van der Waals surface area contributed by atoms with E-state index in [9.17, 15) is 4.39 Å². The van der Waals surface area contributed by atoms with Crippen molar-refractivity contribution in [2.24, 2.45) is 0 Å². The summed E-state index contributed by atoms with van der Waals surface area (Å²) in [5, 5.41) is 0.157. The van der Waals surface area contributed by atoms with E-state index < -0.39 is 0 Å². The molecule has 0 fully saturated rings. The van der Waals surface area contributed by atoms with Crippen molar-refractivity contribution in [3.63, 3.8) is 0 Å². The zero-order valence-corrected chi connectivity index (χ0v) is 11.5. The summed E-state index contributed by atoms with van der Waals surface area (Å²) in [6, 6.07) is 13.1. The second-order valence-electron chi connectivity index (χ2n) is 4.51. The van der Waals surface area contributed by atoms with E-state index in [1.54, 1.807) is 6.07 Å². The third-order valence-electron chi connectivity index (χ3n) is 3.08. The van der Waals surface area contributed by atoms with Crippen LogP contribution in [0.15, 0.2) is 55.1 Å². The van der Waals surface area contributed by atoms with Crippen LogP contribution in [0.5, 0.6) is 0 Å². The number of hydrogen-bond donors (Lipinski definition) is 0. The fourth-order valence-electron chi connectivity index (χ4n) is 1.99. The molecule has 98 valence electrons. The second kappa shape index (κ2) is 6.53. The maximum absolute atomic E-state index is 13.4. The minimum absolute atomic E-state index is 0.157. The summed E-state index contributed by atoms with van der Waals surface area (Å²) in [6.07, 6.45) is 5.12. The number of hydrogen-bond acceptors (Lipinski definition) is 0. The van der Waals surface area contributed by atoms with E-state index in [1.165, 1.54) is 11.6 Å². The molecule has 0 aliphatic heterocycles. The van der Waals surface area contributed by atoms with Gasteiger partial charge >= 0.3 is 0 Å². The summed E-state index contributed by atoms with van der Waals surface area (Å²) in [6.45, 7) is 3.71. The fraction of sp³-hybridized carbons (Fsp3) is 0.176. The Morgan fingerprint density at radius 3 is 2.37 bits per heavy atom. The summed E-state index contributed by atoms with van der Waals surface area (Å²) < 4.78 is 13.4. The molecule has 0 bridgehead atoms. The molecule has 0 N–H and O–H groups in total. The molecule has 0 spiro atoms. The van der Waals surface area contributed by atoms with Gasteiger partial charge in [0.25, 0.3) is 0 Å². The first-order valence-corrected chi connectivity index (χ1v) is 6.74. The van der Waals surface area contributed by atoms with Gasteiger partial charge in [-0.05, 0) is 48.1 Å². The maximum Gasteiger partial charge on any atom is 0.142 e. The molecule has 0 atom stereocenters. The minimum Gasteiger partial charge on any atom is -0.205 e. The molecule has 0 nitrogen and oxygen atoms in total. The standard InChI is InChI=1S/C17H16ClF/c1-2-3-4-5-13-6-8-14(9-7-13)15-10-11-16(18)17(19)12-15/h2,6-12H,1,3-5H2. The smallest absolute Gasteiger partial charge is 0.142 e. The highest BCUT2D eigenvalue weighted by atomic mass is 35.5. The van der Waals surface area contributed by atoms with E-state index in [2.05, 4.69) is 18.7 Å². The van der Waals surface area contributed by atoms with Crippen LogP contribution in [-0.2, 0) is 6.42 Å². The van der Waals surface area contributed by atoms with Crippen LogP contribution < -0.4 is 0 Å². The molecule has 0 unspecified atom stereocenters. The lowest BCUT2D eigenvalue weighted by atomic mass is 10.0. The van der Waals surface area contributed by atoms with E-state index in [0.717, 1.165) is 30.4 Å². The van der Waals surface area contributed by atoms with Crippen molar-refractivity contribution in [1.82, 2.24) is 0 Å². The van der Waals surface area contributed by atoms with Crippen molar-refractivity contribution in [3.8, 4) is 11.1 Å². The first-order valence-electron chi connectivity index (χ1n) is 6.36.